The number of nitrogens with one attached hydrogen (secondary N) is 1. The van der Waals surface area contributed by atoms with Gasteiger partial charge < -0.3 is 24.4 Å². The Labute approximate surface area is 250 Å². The summed E-state index contributed by atoms with van der Waals surface area (Å²) in [4.78, 5) is 35.4. The molecule has 2 aromatic rings. The molecule has 1 N–H and O–H groups in total. The smallest absolute Gasteiger partial charge is 0.338 e. The zero-order valence-corrected chi connectivity index (χ0v) is 24.6. The summed E-state index contributed by atoms with van der Waals surface area (Å²) >= 11 is 1.45. The number of esters is 1. The highest BCUT2D eigenvalue weighted by molar-refractivity contribution is 8.16. The van der Waals surface area contributed by atoms with Gasteiger partial charge in [-0.05, 0) is 35.6 Å². The Morgan fingerprint density at radius 2 is 1.98 bits per heavy atom. The number of amides is 1. The lowest BCUT2D eigenvalue weighted by atomic mass is 9.93. The average Bonchev–Trinajstić information content (AvgIpc) is 3.40. The molecule has 0 aliphatic carbocycles. The second-order valence-corrected chi connectivity index (χ2v) is 10.9. The first-order valence-corrected chi connectivity index (χ1v) is 15.0. The van der Waals surface area contributed by atoms with E-state index in [1.54, 1.807) is 0 Å². The number of hydrogen-bond acceptors (Lipinski definition) is 9. The molecule has 220 valence electrons. The Bertz CT molecular complexity index is 1380. The van der Waals surface area contributed by atoms with E-state index in [1.807, 2.05) is 71.8 Å². The average molecular weight is 589 g/mol. The van der Waals surface area contributed by atoms with Gasteiger partial charge in [0.15, 0.2) is 5.17 Å². The number of benzene rings is 2. The van der Waals surface area contributed by atoms with Gasteiger partial charge in [0.2, 0.25) is 5.91 Å². The number of aliphatic imine (C=N–C) groups is 1. The molecule has 1 saturated heterocycles. The van der Waals surface area contributed by atoms with Gasteiger partial charge in [-0.1, -0.05) is 66.9 Å². The van der Waals surface area contributed by atoms with Gasteiger partial charge in [0.05, 0.1) is 36.9 Å². The molecule has 10 heteroatoms. The van der Waals surface area contributed by atoms with E-state index in [-0.39, 0.29) is 18.9 Å². The van der Waals surface area contributed by atoms with E-state index in [2.05, 4.69) is 16.8 Å². The molecule has 9 nitrogen and oxygen atoms in total. The number of rotatable bonds is 12. The number of thioether (sulfide) groups is 1. The van der Waals surface area contributed by atoms with Crippen LogP contribution in [-0.4, -0.2) is 72.8 Å². The molecule has 2 aromatic carbocycles. The van der Waals surface area contributed by atoms with Crippen molar-refractivity contribution in [1.29, 1.82) is 0 Å². The topological polar surface area (TPSA) is 92.7 Å². The minimum Gasteiger partial charge on any atom is -0.489 e. The molecular weight excluding hydrogens is 552 g/mol. The maximum absolute atomic E-state index is 13.4. The van der Waals surface area contributed by atoms with Gasteiger partial charge in [-0.3, -0.25) is 9.69 Å². The Balaban J connectivity index is 1.36. The molecule has 3 aliphatic rings. The van der Waals surface area contributed by atoms with Crippen LogP contribution in [0.3, 0.4) is 0 Å². The SMILES string of the molecule is C=CCOC(=O)C1=C(C)N=C2SC=C(CC(=O)NCCN3CCOCC3)N2[C@@H]1c1cccc(OCc2ccccc2)c1. The predicted octanol–water partition coefficient (Wildman–Crippen LogP) is 4.41. The number of carbonyl (C=O) groups excluding carboxylic acids is 2. The van der Waals surface area contributed by atoms with E-state index in [0.717, 1.165) is 49.7 Å². The minimum absolute atomic E-state index is 0.0854. The van der Waals surface area contributed by atoms with Gasteiger partial charge >= 0.3 is 5.97 Å². The first-order valence-electron chi connectivity index (χ1n) is 14.1. The fourth-order valence-electron chi connectivity index (χ4n) is 5.08. The number of amidine groups is 1. The first kappa shape index (κ1) is 29.6. The van der Waals surface area contributed by atoms with Gasteiger partial charge in [0.25, 0.3) is 0 Å². The Kier molecular flexibility index (Phi) is 10.1. The van der Waals surface area contributed by atoms with Gasteiger partial charge in [-0.15, -0.1) is 0 Å². The molecule has 0 aromatic heterocycles. The van der Waals surface area contributed by atoms with Crippen LogP contribution < -0.4 is 10.1 Å². The summed E-state index contributed by atoms with van der Waals surface area (Å²) < 4.78 is 17.0. The van der Waals surface area contributed by atoms with Crippen molar-refractivity contribution < 1.29 is 23.8 Å². The standard InChI is InChI=1S/C32H36N4O5S/c1-3-16-40-31(38)29-23(2)34-32-36(26(22-42-32)20-28(37)33-12-13-35-14-17-39-18-15-35)30(29)25-10-7-11-27(19-25)41-21-24-8-5-4-6-9-24/h3-11,19,22,30H,1,12-18,20-21H2,2H3,(H,33,37)/t30-/m1/s1. The van der Waals surface area contributed by atoms with Crippen molar-refractivity contribution >= 4 is 28.8 Å². The predicted molar refractivity (Wildman–Crippen MR) is 164 cm³/mol. The number of hydrogen-bond donors (Lipinski definition) is 1. The Morgan fingerprint density at radius 1 is 1.17 bits per heavy atom. The lowest BCUT2D eigenvalue weighted by Gasteiger charge is -2.36. The van der Waals surface area contributed by atoms with Crippen LogP contribution in [0.25, 0.3) is 0 Å². The molecule has 0 unspecified atom stereocenters. The summed E-state index contributed by atoms with van der Waals surface area (Å²) in [6.45, 7) is 10.5. The molecule has 42 heavy (non-hydrogen) atoms. The maximum Gasteiger partial charge on any atom is 0.338 e. The van der Waals surface area contributed by atoms with Crippen LogP contribution in [0.2, 0.25) is 0 Å². The van der Waals surface area contributed by atoms with Crippen molar-refractivity contribution in [3.05, 3.63) is 101 Å². The molecule has 5 rings (SSSR count). The second kappa shape index (κ2) is 14.4. The minimum atomic E-state index is -0.544. The van der Waals surface area contributed by atoms with Gasteiger partial charge in [0, 0.05) is 31.9 Å². The molecule has 1 fully saturated rings. The number of ether oxygens (including phenoxy) is 3. The molecular formula is C32H36N4O5S. The van der Waals surface area contributed by atoms with Gasteiger partial charge in [0.1, 0.15) is 19.0 Å². The van der Waals surface area contributed by atoms with E-state index >= 15 is 0 Å². The van der Waals surface area contributed by atoms with Crippen LogP contribution in [0.4, 0.5) is 0 Å². The van der Waals surface area contributed by atoms with Crippen LogP contribution in [0.5, 0.6) is 5.75 Å². The summed E-state index contributed by atoms with van der Waals surface area (Å²) in [5, 5.41) is 5.70. The lowest BCUT2D eigenvalue weighted by Crippen LogP contribution is -2.42. The number of allylic oxidation sites excluding steroid dienone is 1. The number of fused-ring (bicyclic) bond motifs is 1. The molecule has 1 atom stereocenters. The first-order chi connectivity index (χ1) is 20.5. The van der Waals surface area contributed by atoms with E-state index in [9.17, 15) is 9.59 Å². The normalized spacial score (nSPS) is 18.6. The third-order valence-corrected chi connectivity index (χ3v) is 8.06. The van der Waals surface area contributed by atoms with E-state index in [4.69, 9.17) is 19.2 Å². The highest BCUT2D eigenvalue weighted by atomic mass is 32.2. The van der Waals surface area contributed by atoms with Crippen LogP contribution in [-0.2, 0) is 25.7 Å². The Hall–Kier alpha value is -3.86. The van der Waals surface area contributed by atoms with Gasteiger partial charge in [-0.25, -0.2) is 9.79 Å². The molecule has 0 bridgehead atoms. The maximum atomic E-state index is 13.4. The highest BCUT2D eigenvalue weighted by Gasteiger charge is 2.41. The summed E-state index contributed by atoms with van der Waals surface area (Å²) in [6, 6.07) is 17.1. The molecule has 1 amide bonds. The molecule has 0 saturated carbocycles. The quantitative estimate of drug-likeness (QED) is 0.288. The largest absolute Gasteiger partial charge is 0.489 e. The summed E-state index contributed by atoms with van der Waals surface area (Å²) in [7, 11) is 0. The molecule has 0 radical (unpaired) electrons. The molecule has 3 heterocycles. The number of nitrogens with zero attached hydrogens (tertiary/aromatic N) is 3. The third kappa shape index (κ3) is 7.31. The third-order valence-electron chi connectivity index (χ3n) is 7.17. The highest BCUT2D eigenvalue weighted by Crippen LogP contribution is 2.45. The van der Waals surface area contributed by atoms with Crippen molar-refractivity contribution in [2.45, 2.75) is 26.0 Å². The van der Waals surface area contributed by atoms with E-state index < -0.39 is 12.0 Å². The van der Waals surface area contributed by atoms with Crippen LogP contribution in [0.15, 0.2) is 94.6 Å². The fourth-order valence-corrected chi connectivity index (χ4v) is 6.04. The van der Waals surface area contributed by atoms with Crippen LogP contribution in [0, 0.1) is 0 Å². The van der Waals surface area contributed by atoms with E-state index in [0.29, 0.717) is 35.3 Å². The fraction of sp³-hybridized carbons (Fsp3) is 0.344. The van der Waals surface area contributed by atoms with Gasteiger partial charge in [-0.2, -0.15) is 0 Å². The molecule has 3 aliphatic heterocycles. The number of carbonyl (C=O) groups is 2. The summed E-state index contributed by atoms with van der Waals surface area (Å²) in [5.41, 5.74) is 3.65. The summed E-state index contributed by atoms with van der Waals surface area (Å²) in [6.07, 6.45) is 1.69. The van der Waals surface area contributed by atoms with Crippen LogP contribution in [0.1, 0.15) is 30.5 Å². The van der Waals surface area contributed by atoms with Crippen molar-refractivity contribution in [3.63, 3.8) is 0 Å². The summed E-state index contributed by atoms with van der Waals surface area (Å²) in [5.74, 6) is 0.120. The second-order valence-electron chi connectivity index (χ2n) is 10.1. The Morgan fingerprint density at radius 3 is 2.76 bits per heavy atom. The molecule has 0 spiro atoms. The van der Waals surface area contributed by atoms with Crippen molar-refractivity contribution in [2.24, 2.45) is 4.99 Å². The van der Waals surface area contributed by atoms with Crippen molar-refractivity contribution in [2.75, 3.05) is 46.0 Å². The zero-order valence-electron chi connectivity index (χ0n) is 23.8. The lowest BCUT2D eigenvalue weighted by molar-refractivity contribution is -0.138. The van der Waals surface area contributed by atoms with Crippen molar-refractivity contribution in [1.82, 2.24) is 15.1 Å². The van der Waals surface area contributed by atoms with Crippen molar-refractivity contribution in [3.8, 4) is 5.75 Å². The van der Waals surface area contributed by atoms with E-state index in [1.165, 1.54) is 17.8 Å². The van der Waals surface area contributed by atoms with Crippen LogP contribution >= 0.6 is 11.8 Å². The number of morpholine rings is 1. The zero-order chi connectivity index (χ0) is 29.3. The monoisotopic (exact) mass is 588 g/mol.